The van der Waals surface area contributed by atoms with Gasteiger partial charge >= 0.3 is 0 Å². The van der Waals surface area contributed by atoms with Crippen LogP contribution in [0.3, 0.4) is 0 Å². The van der Waals surface area contributed by atoms with Crippen molar-refractivity contribution >= 4 is 42.8 Å². The number of quaternary nitrogens is 1. The summed E-state index contributed by atoms with van der Waals surface area (Å²) in [5, 5.41) is 12.9. The van der Waals surface area contributed by atoms with E-state index in [9.17, 15) is 5.11 Å². The molecule has 4 heterocycles. The van der Waals surface area contributed by atoms with E-state index in [1.165, 1.54) is 12.0 Å². The smallest absolute Gasteiger partial charge is 0.131 e. The molecule has 3 fully saturated rings. The lowest BCUT2D eigenvalue weighted by Crippen LogP contribution is -2.67. The van der Waals surface area contributed by atoms with E-state index in [0.717, 1.165) is 61.7 Å². The molecule has 0 amide bonds. The fourth-order valence-electron chi connectivity index (χ4n) is 6.19. The van der Waals surface area contributed by atoms with Gasteiger partial charge in [0.15, 0.2) is 0 Å². The number of piperidine rings is 3. The minimum Gasteiger partial charge on any atom is -0.497 e. The third-order valence-electron chi connectivity index (χ3n) is 7.76. The van der Waals surface area contributed by atoms with Crippen molar-refractivity contribution < 1.29 is 14.3 Å². The Morgan fingerprint density at radius 1 is 1.21 bits per heavy atom. The number of pyridine rings is 1. The van der Waals surface area contributed by atoms with Gasteiger partial charge in [-0.15, -0.1) is 6.58 Å². The zero-order chi connectivity index (χ0) is 23.2. The molecule has 3 aliphatic heterocycles. The first-order valence-electron chi connectivity index (χ1n) is 11.5. The molecule has 3 saturated heterocycles. The molecule has 2 aromatic carbocycles. The molecule has 172 valence electrons. The molecular weight excluding hydrogens is 544 g/mol. The minimum atomic E-state index is -0.577. The quantitative estimate of drug-likeness (QED) is 0.274. The molecule has 0 radical (unpaired) electrons. The van der Waals surface area contributed by atoms with Crippen LogP contribution in [0.25, 0.3) is 10.9 Å². The van der Waals surface area contributed by atoms with Crippen molar-refractivity contribution in [1.82, 2.24) is 4.98 Å². The highest BCUT2D eigenvalue weighted by molar-refractivity contribution is 9.11. The van der Waals surface area contributed by atoms with Crippen LogP contribution in [-0.4, -0.2) is 40.8 Å². The lowest BCUT2D eigenvalue weighted by atomic mass is 9.71. The number of hydrogen-bond acceptors (Lipinski definition) is 3. The first kappa shape index (κ1) is 23.0. The topological polar surface area (TPSA) is 42.4 Å². The third-order valence-corrected chi connectivity index (χ3v) is 8.68. The normalized spacial score (nSPS) is 27.5. The van der Waals surface area contributed by atoms with Gasteiger partial charge in [0, 0.05) is 44.9 Å². The summed E-state index contributed by atoms with van der Waals surface area (Å²) in [6.07, 6.45) is 5.56. The molecule has 0 spiro atoms. The first-order valence-corrected chi connectivity index (χ1v) is 13.0. The molecule has 6 rings (SSSR count). The predicted molar refractivity (Wildman–Crippen MR) is 139 cm³/mol. The maximum atomic E-state index is 11.9. The summed E-state index contributed by atoms with van der Waals surface area (Å²) >= 11 is 7.31. The van der Waals surface area contributed by atoms with Gasteiger partial charge in [0.25, 0.3) is 0 Å². The van der Waals surface area contributed by atoms with Gasteiger partial charge in [0.1, 0.15) is 24.4 Å². The molecular formula is C27H29Br2N2O2+. The highest BCUT2D eigenvalue weighted by Gasteiger charge is 2.54. The van der Waals surface area contributed by atoms with Crippen LogP contribution in [0.15, 0.2) is 70.3 Å². The number of fused-ring (bicyclic) bond motifs is 4. The lowest BCUT2D eigenvalue weighted by molar-refractivity contribution is -0.984. The molecule has 3 aliphatic rings. The molecule has 6 heteroatoms. The highest BCUT2D eigenvalue weighted by atomic mass is 79.9. The van der Waals surface area contributed by atoms with Gasteiger partial charge < -0.3 is 14.3 Å². The number of aromatic nitrogens is 1. The lowest BCUT2D eigenvalue weighted by Gasteiger charge is -2.58. The minimum absolute atomic E-state index is 0.120. The second kappa shape index (κ2) is 9.14. The van der Waals surface area contributed by atoms with Crippen LogP contribution in [0.2, 0.25) is 0 Å². The molecule has 5 atom stereocenters. The van der Waals surface area contributed by atoms with Crippen LogP contribution < -0.4 is 4.74 Å². The summed E-state index contributed by atoms with van der Waals surface area (Å²) in [6, 6.07) is 14.5. The van der Waals surface area contributed by atoms with Crippen molar-refractivity contribution in [2.75, 3.05) is 20.2 Å². The van der Waals surface area contributed by atoms with E-state index in [1.807, 2.05) is 30.5 Å². The van der Waals surface area contributed by atoms with Crippen LogP contribution in [0, 0.1) is 11.8 Å². The van der Waals surface area contributed by atoms with Crippen LogP contribution in [0.5, 0.6) is 5.75 Å². The Hall–Kier alpha value is -1.73. The maximum absolute atomic E-state index is 11.9. The molecule has 0 aliphatic carbocycles. The number of hydrogen-bond donors (Lipinski definition) is 1. The summed E-state index contributed by atoms with van der Waals surface area (Å²) in [4.78, 5) is 4.53. The van der Waals surface area contributed by atoms with Crippen LogP contribution in [0.4, 0.5) is 0 Å². The Morgan fingerprint density at radius 2 is 2.00 bits per heavy atom. The van der Waals surface area contributed by atoms with Gasteiger partial charge in [-0.3, -0.25) is 4.98 Å². The molecule has 1 aromatic heterocycles. The Labute approximate surface area is 212 Å². The standard InChI is InChI=1S/C27H29Br2N2O2/c1-3-18-16-31(15-17-10-20(28)13-21(29)11-17)9-7-19(18)12-26(31)27(32)23-6-8-30-25-5-4-22(33-2)14-24(23)25/h3-6,8,10-11,13-14,18-19,26-27,32H,1,7,9,12,15-16H2,2H3/q+1. The average Bonchev–Trinajstić information content (AvgIpc) is 2.82. The van der Waals surface area contributed by atoms with Gasteiger partial charge in [-0.05, 0) is 53.9 Å². The third kappa shape index (κ3) is 4.27. The Kier molecular flexibility index (Phi) is 6.38. The van der Waals surface area contributed by atoms with E-state index in [0.29, 0.717) is 11.8 Å². The van der Waals surface area contributed by atoms with E-state index in [1.54, 1.807) is 7.11 Å². The molecule has 33 heavy (non-hydrogen) atoms. The van der Waals surface area contributed by atoms with Crippen molar-refractivity contribution in [1.29, 1.82) is 0 Å². The second-order valence-electron chi connectivity index (χ2n) is 9.54. The summed E-state index contributed by atoms with van der Waals surface area (Å²) in [5.74, 6) is 1.86. The zero-order valence-electron chi connectivity index (χ0n) is 18.8. The molecule has 1 N–H and O–H groups in total. The predicted octanol–water partition coefficient (Wildman–Crippen LogP) is 6.41. The molecule has 0 saturated carbocycles. The van der Waals surface area contributed by atoms with Gasteiger partial charge in [0.2, 0.25) is 0 Å². The molecule has 5 unspecified atom stereocenters. The number of aliphatic hydroxyl groups is 1. The summed E-state index contributed by atoms with van der Waals surface area (Å²) in [6.45, 7) is 7.14. The van der Waals surface area contributed by atoms with E-state index in [4.69, 9.17) is 4.74 Å². The van der Waals surface area contributed by atoms with E-state index in [2.05, 4.69) is 67.7 Å². The monoisotopic (exact) mass is 571 g/mol. The molecule has 3 aromatic rings. The summed E-state index contributed by atoms with van der Waals surface area (Å²) in [5.41, 5.74) is 3.10. The number of halogens is 2. The van der Waals surface area contributed by atoms with Gasteiger partial charge in [-0.2, -0.15) is 0 Å². The molecule has 4 nitrogen and oxygen atoms in total. The number of ether oxygens (including phenoxy) is 1. The highest BCUT2D eigenvalue weighted by Crippen LogP contribution is 2.48. The summed E-state index contributed by atoms with van der Waals surface area (Å²) in [7, 11) is 1.67. The van der Waals surface area contributed by atoms with Gasteiger partial charge in [-0.25, -0.2) is 0 Å². The SMILES string of the molecule is C=CC1C[N+]2(Cc3cc(Br)cc(Br)c3)CCC1CC2C(O)c1ccnc2ccc(OC)cc12. The Bertz CT molecular complexity index is 1180. The number of rotatable bonds is 6. The largest absolute Gasteiger partial charge is 0.497 e. The molecule has 2 bridgehead atoms. The van der Waals surface area contributed by atoms with Crippen molar-refractivity contribution in [3.8, 4) is 5.75 Å². The van der Waals surface area contributed by atoms with Crippen molar-refractivity contribution in [3.05, 3.63) is 81.4 Å². The number of benzene rings is 2. The number of aliphatic hydroxyl groups excluding tert-OH is 1. The van der Waals surface area contributed by atoms with Crippen molar-refractivity contribution in [3.63, 3.8) is 0 Å². The maximum Gasteiger partial charge on any atom is 0.131 e. The fraction of sp³-hybridized carbons (Fsp3) is 0.370. The van der Waals surface area contributed by atoms with Crippen LogP contribution >= 0.6 is 31.9 Å². The number of methoxy groups -OCH3 is 1. The van der Waals surface area contributed by atoms with Crippen molar-refractivity contribution in [2.45, 2.75) is 31.5 Å². The first-order chi connectivity index (χ1) is 15.9. The van der Waals surface area contributed by atoms with E-state index < -0.39 is 6.10 Å². The second-order valence-corrected chi connectivity index (χ2v) is 11.4. The van der Waals surface area contributed by atoms with Crippen molar-refractivity contribution in [2.24, 2.45) is 11.8 Å². The average molecular weight is 573 g/mol. The fourth-order valence-corrected chi connectivity index (χ4v) is 7.57. The van der Waals surface area contributed by atoms with E-state index in [-0.39, 0.29) is 6.04 Å². The number of nitrogens with zero attached hydrogens (tertiary/aromatic N) is 2. The Morgan fingerprint density at radius 3 is 2.73 bits per heavy atom. The van der Waals surface area contributed by atoms with Crippen LogP contribution in [0.1, 0.15) is 30.1 Å². The van der Waals surface area contributed by atoms with Gasteiger partial charge in [-0.1, -0.05) is 37.9 Å². The van der Waals surface area contributed by atoms with Crippen LogP contribution in [-0.2, 0) is 6.54 Å². The van der Waals surface area contributed by atoms with Gasteiger partial charge in [0.05, 0.1) is 25.7 Å². The zero-order valence-corrected chi connectivity index (χ0v) is 21.9. The van der Waals surface area contributed by atoms with E-state index >= 15 is 0 Å². The Balaban J connectivity index is 1.57. The summed E-state index contributed by atoms with van der Waals surface area (Å²) < 4.78 is 8.49.